The minimum absolute atomic E-state index is 0.192. The van der Waals surface area contributed by atoms with Crippen LogP contribution in [0.1, 0.15) is 25.3 Å². The van der Waals surface area contributed by atoms with E-state index in [0.717, 1.165) is 11.1 Å². The van der Waals surface area contributed by atoms with Gasteiger partial charge < -0.3 is 5.73 Å². The molecule has 120 valence electrons. The van der Waals surface area contributed by atoms with E-state index in [-0.39, 0.29) is 10.8 Å². The van der Waals surface area contributed by atoms with E-state index in [1.165, 1.54) is 6.26 Å². The summed E-state index contributed by atoms with van der Waals surface area (Å²) in [6.45, 7) is 4.07. The molecular weight excluding hydrogens is 312 g/mol. The molecule has 0 aliphatic heterocycles. The molecule has 0 unspecified atom stereocenters. The van der Waals surface area contributed by atoms with Crippen molar-refractivity contribution in [2.45, 2.75) is 24.7 Å². The maximum absolute atomic E-state index is 11.7. The van der Waals surface area contributed by atoms with Crippen molar-refractivity contribution in [3.05, 3.63) is 42.1 Å². The number of hydrogen-bond donors (Lipinski definition) is 1. The summed E-state index contributed by atoms with van der Waals surface area (Å²) in [5.41, 5.74) is 8.99. The molecule has 0 fully saturated rings. The fourth-order valence-electron chi connectivity index (χ4n) is 2.56. The van der Waals surface area contributed by atoms with Crippen molar-refractivity contribution in [1.82, 2.24) is 14.6 Å². The Morgan fingerprint density at radius 1 is 1.22 bits per heavy atom. The number of hydrogen-bond acceptors (Lipinski definition) is 5. The minimum Gasteiger partial charge on any atom is -0.382 e. The van der Waals surface area contributed by atoms with Crippen molar-refractivity contribution < 1.29 is 8.42 Å². The highest BCUT2D eigenvalue weighted by Gasteiger charge is 2.16. The second kappa shape index (κ2) is 5.34. The highest BCUT2D eigenvalue weighted by atomic mass is 32.2. The quantitative estimate of drug-likeness (QED) is 0.797. The molecule has 2 heterocycles. The summed E-state index contributed by atoms with van der Waals surface area (Å²) >= 11 is 0. The predicted molar refractivity (Wildman–Crippen MR) is 90.0 cm³/mol. The van der Waals surface area contributed by atoms with Gasteiger partial charge in [0.25, 0.3) is 0 Å². The summed E-state index contributed by atoms with van der Waals surface area (Å²) in [7, 11) is -3.26. The molecular formula is C16H18N4O2S. The van der Waals surface area contributed by atoms with Crippen molar-refractivity contribution in [2.24, 2.45) is 0 Å². The molecule has 6 nitrogen and oxygen atoms in total. The van der Waals surface area contributed by atoms with Crippen LogP contribution in [0.3, 0.4) is 0 Å². The first-order chi connectivity index (χ1) is 10.8. The van der Waals surface area contributed by atoms with Gasteiger partial charge in [-0.3, -0.25) is 0 Å². The first-order valence-corrected chi connectivity index (χ1v) is 9.12. The molecule has 2 aromatic heterocycles. The average Bonchev–Trinajstić information content (AvgIpc) is 2.81. The number of nitrogens with two attached hydrogens (primary N) is 1. The lowest BCUT2D eigenvalue weighted by Crippen LogP contribution is -1.98. The van der Waals surface area contributed by atoms with Crippen LogP contribution < -0.4 is 5.73 Å². The van der Waals surface area contributed by atoms with Crippen molar-refractivity contribution >= 4 is 21.3 Å². The SMILES string of the molecule is CC(C)c1c(N)nn2ccc(-c3cccc(S(C)(=O)=O)c3)nc12. The van der Waals surface area contributed by atoms with Gasteiger partial charge in [0, 0.05) is 23.6 Å². The van der Waals surface area contributed by atoms with E-state index < -0.39 is 9.84 Å². The zero-order valence-electron chi connectivity index (χ0n) is 13.2. The lowest BCUT2D eigenvalue weighted by molar-refractivity contribution is 0.602. The predicted octanol–water partition coefficient (Wildman–Crippen LogP) is 2.51. The van der Waals surface area contributed by atoms with Gasteiger partial charge in [-0.1, -0.05) is 26.0 Å². The molecule has 0 aliphatic rings. The Morgan fingerprint density at radius 2 is 1.96 bits per heavy atom. The van der Waals surface area contributed by atoms with Crippen LogP contribution in [0.5, 0.6) is 0 Å². The molecule has 0 radical (unpaired) electrons. The lowest BCUT2D eigenvalue weighted by atomic mass is 10.1. The Balaban J connectivity index is 2.20. The van der Waals surface area contributed by atoms with Crippen LogP contribution in [-0.4, -0.2) is 29.3 Å². The van der Waals surface area contributed by atoms with Crippen LogP contribution in [0.2, 0.25) is 0 Å². The van der Waals surface area contributed by atoms with Gasteiger partial charge in [0.2, 0.25) is 0 Å². The summed E-state index contributed by atoms with van der Waals surface area (Å²) in [4.78, 5) is 4.91. The Morgan fingerprint density at radius 3 is 2.61 bits per heavy atom. The zero-order valence-corrected chi connectivity index (χ0v) is 14.0. The number of fused-ring (bicyclic) bond motifs is 1. The third-order valence-electron chi connectivity index (χ3n) is 3.68. The van der Waals surface area contributed by atoms with Crippen molar-refractivity contribution in [3.8, 4) is 11.3 Å². The van der Waals surface area contributed by atoms with Crippen molar-refractivity contribution in [3.63, 3.8) is 0 Å². The minimum atomic E-state index is -3.26. The Hall–Kier alpha value is -2.41. The van der Waals surface area contributed by atoms with Crippen LogP contribution in [0, 0.1) is 0 Å². The van der Waals surface area contributed by atoms with Crippen LogP contribution >= 0.6 is 0 Å². The van der Waals surface area contributed by atoms with Crippen LogP contribution in [0.4, 0.5) is 5.82 Å². The molecule has 2 N–H and O–H groups in total. The number of nitrogens with zero attached hydrogens (tertiary/aromatic N) is 3. The molecule has 0 amide bonds. The Kier molecular flexibility index (Phi) is 3.60. The molecule has 0 saturated carbocycles. The fourth-order valence-corrected chi connectivity index (χ4v) is 3.23. The Bertz CT molecular complexity index is 990. The average molecular weight is 330 g/mol. The monoisotopic (exact) mass is 330 g/mol. The molecule has 0 atom stereocenters. The molecule has 3 rings (SSSR count). The smallest absolute Gasteiger partial charge is 0.175 e. The highest BCUT2D eigenvalue weighted by molar-refractivity contribution is 7.90. The summed E-state index contributed by atoms with van der Waals surface area (Å²) in [5, 5.41) is 4.26. The van der Waals surface area contributed by atoms with Crippen LogP contribution in [0.15, 0.2) is 41.4 Å². The molecule has 23 heavy (non-hydrogen) atoms. The summed E-state index contributed by atoms with van der Waals surface area (Å²) in [6, 6.07) is 8.55. The molecule has 0 saturated heterocycles. The van der Waals surface area contributed by atoms with Crippen LogP contribution in [0.25, 0.3) is 16.9 Å². The van der Waals surface area contributed by atoms with E-state index in [9.17, 15) is 8.42 Å². The molecule has 7 heteroatoms. The van der Waals surface area contributed by atoms with E-state index in [0.29, 0.717) is 17.2 Å². The normalized spacial score (nSPS) is 12.2. The van der Waals surface area contributed by atoms with E-state index in [1.807, 2.05) is 19.9 Å². The third-order valence-corrected chi connectivity index (χ3v) is 4.79. The van der Waals surface area contributed by atoms with Gasteiger partial charge in [0.1, 0.15) is 0 Å². The maximum atomic E-state index is 11.7. The molecule has 0 bridgehead atoms. The standard InChI is InChI=1S/C16H18N4O2S/c1-10(2)14-15(17)19-20-8-7-13(18-16(14)20)11-5-4-6-12(9-11)23(3,21)22/h4-10H,1-3H3,(H2,17,19). The number of aromatic nitrogens is 3. The van der Waals surface area contributed by atoms with E-state index in [2.05, 4.69) is 10.1 Å². The van der Waals surface area contributed by atoms with E-state index in [4.69, 9.17) is 5.73 Å². The van der Waals surface area contributed by atoms with Gasteiger partial charge >= 0.3 is 0 Å². The van der Waals surface area contributed by atoms with Crippen LogP contribution in [-0.2, 0) is 9.84 Å². The number of sulfone groups is 1. The molecule has 0 spiro atoms. The van der Waals surface area contributed by atoms with Gasteiger partial charge in [-0.05, 0) is 24.1 Å². The lowest BCUT2D eigenvalue weighted by Gasteiger charge is -2.06. The molecule has 1 aromatic carbocycles. The topological polar surface area (TPSA) is 90.3 Å². The van der Waals surface area contributed by atoms with Crippen molar-refractivity contribution in [2.75, 3.05) is 12.0 Å². The van der Waals surface area contributed by atoms with E-state index >= 15 is 0 Å². The molecule has 3 aromatic rings. The van der Waals surface area contributed by atoms with Gasteiger partial charge in [-0.2, -0.15) is 0 Å². The van der Waals surface area contributed by atoms with Gasteiger partial charge in [0.05, 0.1) is 10.6 Å². The first kappa shape index (κ1) is 15.5. The second-order valence-corrected chi connectivity index (χ2v) is 7.85. The first-order valence-electron chi connectivity index (χ1n) is 7.22. The third kappa shape index (κ3) is 2.79. The zero-order chi connectivity index (χ0) is 16.8. The second-order valence-electron chi connectivity index (χ2n) is 5.83. The van der Waals surface area contributed by atoms with E-state index in [1.54, 1.807) is 35.0 Å². The summed E-state index contributed by atoms with van der Waals surface area (Å²) < 4.78 is 25.1. The fraction of sp³-hybridized carbons (Fsp3) is 0.250. The summed E-state index contributed by atoms with van der Waals surface area (Å²) in [5.74, 6) is 0.659. The van der Waals surface area contributed by atoms with Gasteiger partial charge in [-0.15, -0.1) is 5.10 Å². The summed E-state index contributed by atoms with van der Waals surface area (Å²) in [6.07, 6.45) is 2.98. The number of anilines is 1. The maximum Gasteiger partial charge on any atom is 0.175 e. The van der Waals surface area contributed by atoms with Gasteiger partial charge in [-0.25, -0.2) is 17.9 Å². The largest absolute Gasteiger partial charge is 0.382 e. The number of nitrogen functional groups attached to an aromatic ring is 1. The Labute approximate surface area is 134 Å². The molecule has 0 aliphatic carbocycles. The highest BCUT2D eigenvalue weighted by Crippen LogP contribution is 2.27. The van der Waals surface area contributed by atoms with Gasteiger partial charge in [0.15, 0.2) is 21.3 Å². The number of benzene rings is 1. The van der Waals surface area contributed by atoms with Crippen molar-refractivity contribution in [1.29, 1.82) is 0 Å². The number of rotatable bonds is 3.